The highest BCUT2D eigenvalue weighted by Gasteiger charge is 2.20. The van der Waals surface area contributed by atoms with Crippen LogP contribution in [0.25, 0.3) is 66.1 Å². The number of benzene rings is 10. The molecule has 0 saturated heterocycles. The van der Waals surface area contributed by atoms with Crippen LogP contribution in [0, 0.1) is 23.3 Å². The molecule has 12 rings (SSSR count). The van der Waals surface area contributed by atoms with Crippen LogP contribution in [0.5, 0.6) is 0 Å². The minimum atomic E-state index is -0.321. The maximum atomic E-state index is 14.4. The largest absolute Gasteiger partial charge is 0.310 e. The third kappa shape index (κ3) is 8.44. The van der Waals surface area contributed by atoms with Gasteiger partial charge >= 0.3 is 0 Å². The van der Waals surface area contributed by atoms with Gasteiger partial charge in [0.1, 0.15) is 23.3 Å². The highest BCUT2D eigenvalue weighted by atomic mass is 19.1. The number of anilines is 6. The summed E-state index contributed by atoms with van der Waals surface area (Å²) in [5.41, 5.74) is 12.8. The monoisotopic (exact) mass is 938 g/mol. The number of fused-ring (bicyclic) bond motifs is 6. The average Bonchev–Trinajstić information content (AvgIpc) is 3.89. The molecule has 2 aromatic heterocycles. The summed E-state index contributed by atoms with van der Waals surface area (Å²) in [6, 6.07) is 71.6. The highest BCUT2D eigenvalue weighted by Crippen LogP contribution is 2.43. The summed E-state index contributed by atoms with van der Waals surface area (Å²) in [6.07, 6.45) is 0. The fraction of sp³-hybridized carbons (Fsp3) is 0.0476. The van der Waals surface area contributed by atoms with Gasteiger partial charge in [0.05, 0.1) is 22.1 Å². The summed E-state index contributed by atoms with van der Waals surface area (Å²) in [6.45, 7) is 0. The fourth-order valence-electron chi connectivity index (χ4n) is 9.62. The van der Waals surface area contributed by atoms with E-state index >= 15 is 0 Å². The summed E-state index contributed by atoms with van der Waals surface area (Å²) >= 11 is 0. The van der Waals surface area contributed by atoms with Crippen molar-refractivity contribution in [3.63, 3.8) is 0 Å². The van der Waals surface area contributed by atoms with Gasteiger partial charge in [-0.05, 0) is 181 Å². The molecule has 0 spiro atoms. The molecule has 0 aliphatic carbocycles. The Bertz CT molecular complexity index is 3550. The van der Waals surface area contributed by atoms with Gasteiger partial charge in [0.15, 0.2) is 0 Å². The second kappa shape index (κ2) is 19.3. The highest BCUT2D eigenvalue weighted by molar-refractivity contribution is 6.12. The first kappa shape index (κ1) is 47.2. The van der Waals surface area contributed by atoms with Crippen LogP contribution in [-0.2, 0) is 0 Å². The van der Waals surface area contributed by atoms with E-state index in [-0.39, 0.29) is 45.5 Å². The normalized spacial score (nSPS) is 11.0. The Morgan fingerprint density at radius 3 is 0.859 bits per heavy atom. The van der Waals surface area contributed by atoms with Gasteiger partial charge in [-0.2, -0.15) is 0 Å². The van der Waals surface area contributed by atoms with Crippen LogP contribution >= 0.6 is 0 Å². The molecule has 8 heteroatoms. The molecule has 0 aliphatic rings. The number of aromatic nitrogens is 2. The second-order valence-corrected chi connectivity index (χ2v) is 16.8. The molecule has 0 fully saturated rings. The lowest BCUT2D eigenvalue weighted by atomic mass is 10.0. The number of hydrogen-bond acceptors (Lipinski definition) is 2. The zero-order valence-corrected chi connectivity index (χ0v) is 36.2. The predicted molar refractivity (Wildman–Crippen MR) is 290 cm³/mol. The van der Waals surface area contributed by atoms with E-state index in [1.165, 1.54) is 48.5 Å². The van der Waals surface area contributed by atoms with Crippen molar-refractivity contribution >= 4 is 77.7 Å². The first-order chi connectivity index (χ1) is 33.3. The van der Waals surface area contributed by atoms with E-state index in [1.807, 2.05) is 24.3 Å². The molecule has 10 aromatic carbocycles. The van der Waals surface area contributed by atoms with Gasteiger partial charge in [-0.25, -0.2) is 17.6 Å². The summed E-state index contributed by atoms with van der Waals surface area (Å²) in [4.78, 5) is 4.23. The Labute approximate surface area is 411 Å². The van der Waals surface area contributed by atoms with E-state index in [0.29, 0.717) is 0 Å². The molecule has 0 amide bonds. The van der Waals surface area contributed by atoms with E-state index in [0.717, 1.165) is 100 Å². The van der Waals surface area contributed by atoms with Crippen molar-refractivity contribution in [2.24, 2.45) is 0 Å². The molecule has 0 atom stereocenters. The van der Waals surface area contributed by atoms with Gasteiger partial charge in [-0.3, -0.25) is 0 Å². The van der Waals surface area contributed by atoms with Gasteiger partial charge < -0.3 is 18.9 Å². The lowest BCUT2D eigenvalue weighted by Crippen LogP contribution is -2.10. The Morgan fingerprint density at radius 1 is 0.254 bits per heavy atom. The molecular weight excluding hydrogens is 889 g/mol. The molecule has 0 N–H and O–H groups in total. The van der Waals surface area contributed by atoms with Gasteiger partial charge in [0.2, 0.25) is 0 Å². The molecule has 0 bridgehead atoms. The van der Waals surface area contributed by atoms with E-state index in [4.69, 9.17) is 0 Å². The fourth-order valence-corrected chi connectivity index (χ4v) is 9.62. The maximum Gasteiger partial charge on any atom is 0.123 e. The standard InChI is InChI=1S/C60H38F4N4.3CH4/c61-41-13-25-47(26-14-41)65(51-33-35-59-55(37-51)53-5-1-3-7-57(53)67(59)49-29-17-43(63)18-30-49)45-21-9-39(10-22-45)40-11-23-46(24-12-40)66(48-27-15-42(62)16-28-48)52-34-36-60-56(38-52)54-6-2-4-8-58(54)68(60)50-31-19-44(64)20-32-50;;;/h1-38H;3*1H4. The van der Waals surface area contributed by atoms with Crippen molar-refractivity contribution in [3.8, 4) is 22.5 Å². The van der Waals surface area contributed by atoms with Crippen LogP contribution in [0.3, 0.4) is 0 Å². The summed E-state index contributed by atoms with van der Waals surface area (Å²) in [5.74, 6) is -1.23. The second-order valence-electron chi connectivity index (χ2n) is 16.8. The van der Waals surface area contributed by atoms with Crippen LogP contribution in [0.2, 0.25) is 0 Å². The van der Waals surface area contributed by atoms with Crippen molar-refractivity contribution < 1.29 is 17.6 Å². The van der Waals surface area contributed by atoms with E-state index in [9.17, 15) is 17.6 Å². The van der Waals surface area contributed by atoms with E-state index < -0.39 is 0 Å². The molecule has 0 saturated carbocycles. The Kier molecular flexibility index (Phi) is 12.8. The third-order valence-corrected chi connectivity index (χ3v) is 12.8. The maximum absolute atomic E-state index is 14.4. The number of rotatable bonds is 9. The van der Waals surface area contributed by atoms with E-state index in [1.54, 1.807) is 48.5 Å². The smallest absolute Gasteiger partial charge is 0.123 e. The molecule has 0 radical (unpaired) electrons. The van der Waals surface area contributed by atoms with Crippen LogP contribution in [0.4, 0.5) is 51.7 Å². The molecule has 0 unspecified atom stereocenters. The topological polar surface area (TPSA) is 16.3 Å². The summed E-state index contributed by atoms with van der Waals surface area (Å²) in [5, 5.41) is 4.16. The van der Waals surface area contributed by atoms with Gasteiger partial charge in [0.25, 0.3) is 0 Å². The summed E-state index contributed by atoms with van der Waals surface area (Å²) in [7, 11) is 0. The average molecular weight is 939 g/mol. The molecule has 4 nitrogen and oxygen atoms in total. The van der Waals surface area contributed by atoms with Gasteiger partial charge in [-0.15, -0.1) is 0 Å². The molecule has 2 heterocycles. The van der Waals surface area contributed by atoms with Crippen molar-refractivity contribution in [1.82, 2.24) is 9.13 Å². The summed E-state index contributed by atoms with van der Waals surface area (Å²) < 4.78 is 61.0. The number of halogens is 4. The van der Waals surface area contributed by atoms with Crippen LogP contribution in [0.15, 0.2) is 231 Å². The zero-order valence-electron chi connectivity index (χ0n) is 36.2. The molecule has 0 aliphatic heterocycles. The van der Waals surface area contributed by atoms with Crippen molar-refractivity contribution in [2.45, 2.75) is 22.3 Å². The minimum absolute atomic E-state index is 0. The Balaban J connectivity index is 0.00000208. The van der Waals surface area contributed by atoms with Crippen LogP contribution in [-0.4, -0.2) is 9.13 Å². The number of nitrogens with zero attached hydrogens (tertiary/aromatic N) is 4. The SMILES string of the molecule is C.C.C.Fc1ccc(N(c2ccc(-c3ccc(N(c4ccc(F)cc4)c4ccc5c(c4)c4ccccc4n5-c4ccc(F)cc4)cc3)cc2)c2ccc3c(c2)c2ccccc2n3-c2ccc(F)cc2)cc1. The van der Waals surface area contributed by atoms with Gasteiger partial charge in [0, 0.05) is 67.0 Å². The molecule has 71 heavy (non-hydrogen) atoms. The third-order valence-electron chi connectivity index (χ3n) is 12.8. The predicted octanol–water partition coefficient (Wildman–Crippen LogP) is 19.0. The Morgan fingerprint density at radius 2 is 0.521 bits per heavy atom. The lowest BCUT2D eigenvalue weighted by Gasteiger charge is -2.26. The molecule has 350 valence electrons. The molecular formula is C63H50F4N4. The number of hydrogen-bond donors (Lipinski definition) is 0. The first-order valence-corrected chi connectivity index (χ1v) is 22.2. The Hall–Kier alpha value is -8.88. The zero-order chi connectivity index (χ0) is 45.9. The van der Waals surface area contributed by atoms with Crippen molar-refractivity contribution in [3.05, 3.63) is 254 Å². The van der Waals surface area contributed by atoms with E-state index in [2.05, 4.69) is 128 Å². The van der Waals surface area contributed by atoms with Crippen LogP contribution < -0.4 is 9.80 Å². The van der Waals surface area contributed by atoms with Gasteiger partial charge in [-0.1, -0.05) is 82.9 Å². The van der Waals surface area contributed by atoms with Crippen molar-refractivity contribution in [1.29, 1.82) is 0 Å². The minimum Gasteiger partial charge on any atom is -0.310 e. The quantitative estimate of drug-likeness (QED) is 0.134. The lowest BCUT2D eigenvalue weighted by molar-refractivity contribution is 0.627. The van der Waals surface area contributed by atoms with Crippen LogP contribution in [0.1, 0.15) is 22.3 Å². The first-order valence-electron chi connectivity index (χ1n) is 22.2. The molecule has 12 aromatic rings. The van der Waals surface area contributed by atoms with Crippen molar-refractivity contribution in [2.75, 3.05) is 9.80 Å². The number of para-hydroxylation sites is 2.